The van der Waals surface area contributed by atoms with Crippen LogP contribution in [0, 0.1) is 5.41 Å². The second kappa shape index (κ2) is 3.38. The van der Waals surface area contributed by atoms with E-state index in [1.165, 1.54) is 29.7 Å². The molecular weight excluding hydrogens is 196 g/mol. The van der Waals surface area contributed by atoms with E-state index in [1.807, 2.05) is 6.26 Å². The smallest absolute Gasteiger partial charge is 0.111 e. The molecule has 0 N–H and O–H groups in total. The molecule has 0 atom stereocenters. The standard InChI is InChI=1S/C15H18O/c1-15(2)8-3-4-12-10-14-11(7-9-16-14)5-6-13(12)15/h3-4,7,9H,5-6,8,10H2,1-2H3. The van der Waals surface area contributed by atoms with Crippen molar-refractivity contribution in [1.82, 2.24) is 0 Å². The first kappa shape index (κ1) is 9.95. The predicted octanol–water partition coefficient (Wildman–Crippen LogP) is 4.05. The van der Waals surface area contributed by atoms with Crippen LogP contribution in [0.25, 0.3) is 0 Å². The van der Waals surface area contributed by atoms with Crippen LogP contribution in [0.3, 0.4) is 0 Å². The van der Waals surface area contributed by atoms with Crippen molar-refractivity contribution in [1.29, 1.82) is 0 Å². The topological polar surface area (TPSA) is 13.1 Å². The van der Waals surface area contributed by atoms with E-state index < -0.39 is 0 Å². The maximum absolute atomic E-state index is 5.59. The molecule has 1 heteroatoms. The molecule has 1 aromatic rings. The lowest BCUT2D eigenvalue weighted by Crippen LogP contribution is -2.18. The maximum atomic E-state index is 5.59. The summed E-state index contributed by atoms with van der Waals surface area (Å²) in [5.74, 6) is 1.17. The highest BCUT2D eigenvalue weighted by atomic mass is 16.3. The van der Waals surface area contributed by atoms with Crippen LogP contribution in [0.1, 0.15) is 38.0 Å². The minimum absolute atomic E-state index is 0.341. The second-order valence-corrected chi connectivity index (χ2v) is 5.54. The van der Waals surface area contributed by atoms with Crippen molar-refractivity contribution in [3.8, 4) is 0 Å². The van der Waals surface area contributed by atoms with Gasteiger partial charge in [0.15, 0.2) is 0 Å². The Kier molecular flexibility index (Phi) is 2.10. The number of hydrogen-bond acceptors (Lipinski definition) is 1. The SMILES string of the molecule is CC1(C)CC=CC2=C1CCc1ccoc1C2. The number of fused-ring (bicyclic) bond motifs is 1. The fraction of sp³-hybridized carbons (Fsp3) is 0.467. The van der Waals surface area contributed by atoms with E-state index in [9.17, 15) is 0 Å². The molecule has 0 aliphatic heterocycles. The number of hydrogen-bond donors (Lipinski definition) is 0. The molecule has 0 unspecified atom stereocenters. The molecule has 1 heterocycles. The molecule has 1 nitrogen and oxygen atoms in total. The molecule has 0 saturated carbocycles. The Morgan fingerprint density at radius 1 is 1.25 bits per heavy atom. The molecule has 1 aromatic heterocycles. The van der Waals surface area contributed by atoms with Crippen LogP contribution in [0.5, 0.6) is 0 Å². The van der Waals surface area contributed by atoms with Crippen LogP contribution in [0.15, 0.2) is 40.0 Å². The van der Waals surface area contributed by atoms with Crippen molar-refractivity contribution in [2.45, 2.75) is 39.5 Å². The molecular formula is C15H18O. The number of allylic oxidation sites excluding steroid dienone is 4. The highest BCUT2D eigenvalue weighted by Gasteiger charge is 2.29. The molecule has 0 fully saturated rings. The molecule has 0 spiro atoms. The van der Waals surface area contributed by atoms with Crippen LogP contribution < -0.4 is 0 Å². The van der Waals surface area contributed by atoms with Crippen LogP contribution in [0.2, 0.25) is 0 Å². The lowest BCUT2D eigenvalue weighted by atomic mass is 9.73. The lowest BCUT2D eigenvalue weighted by molar-refractivity contribution is 0.426. The summed E-state index contributed by atoms with van der Waals surface area (Å²) in [7, 11) is 0. The summed E-state index contributed by atoms with van der Waals surface area (Å²) in [6.45, 7) is 4.72. The summed E-state index contributed by atoms with van der Waals surface area (Å²) < 4.78 is 5.59. The van der Waals surface area contributed by atoms with Gasteiger partial charge in [0.25, 0.3) is 0 Å². The zero-order chi connectivity index (χ0) is 11.2. The maximum Gasteiger partial charge on any atom is 0.111 e. The van der Waals surface area contributed by atoms with Gasteiger partial charge < -0.3 is 4.42 Å². The Hall–Kier alpha value is -1.24. The summed E-state index contributed by atoms with van der Waals surface area (Å²) in [5, 5.41) is 0. The third-order valence-electron chi connectivity index (χ3n) is 3.98. The third-order valence-corrected chi connectivity index (χ3v) is 3.98. The third kappa shape index (κ3) is 1.46. The van der Waals surface area contributed by atoms with E-state index in [0.717, 1.165) is 12.8 Å². The lowest BCUT2D eigenvalue weighted by Gasteiger charge is -2.31. The fourth-order valence-electron chi connectivity index (χ4n) is 3.00. The van der Waals surface area contributed by atoms with E-state index in [2.05, 4.69) is 32.1 Å². The van der Waals surface area contributed by atoms with Crippen LogP contribution in [-0.4, -0.2) is 0 Å². The van der Waals surface area contributed by atoms with E-state index in [1.54, 1.807) is 5.57 Å². The minimum Gasteiger partial charge on any atom is -0.469 e. The first-order valence-electron chi connectivity index (χ1n) is 6.11. The molecule has 3 rings (SSSR count). The largest absolute Gasteiger partial charge is 0.469 e. The average Bonchev–Trinajstić information content (AvgIpc) is 2.57. The van der Waals surface area contributed by atoms with E-state index in [4.69, 9.17) is 4.42 Å². The molecule has 0 amide bonds. The zero-order valence-corrected chi connectivity index (χ0v) is 10.0. The molecule has 0 radical (unpaired) electrons. The Labute approximate surface area is 96.8 Å². The summed E-state index contributed by atoms with van der Waals surface area (Å²) in [4.78, 5) is 0. The van der Waals surface area contributed by atoms with Gasteiger partial charge in [-0.05, 0) is 41.9 Å². The van der Waals surface area contributed by atoms with Gasteiger partial charge in [-0.1, -0.05) is 31.6 Å². The first-order chi connectivity index (χ1) is 7.67. The Morgan fingerprint density at radius 2 is 2.12 bits per heavy atom. The summed E-state index contributed by atoms with van der Waals surface area (Å²) in [6, 6.07) is 2.13. The summed E-state index contributed by atoms with van der Waals surface area (Å²) in [6.07, 6.45) is 10.9. The summed E-state index contributed by atoms with van der Waals surface area (Å²) in [5.41, 5.74) is 4.87. The predicted molar refractivity (Wildman–Crippen MR) is 65.3 cm³/mol. The molecule has 2 aliphatic carbocycles. The van der Waals surface area contributed by atoms with Gasteiger partial charge in [0, 0.05) is 6.42 Å². The molecule has 16 heavy (non-hydrogen) atoms. The number of rotatable bonds is 0. The summed E-state index contributed by atoms with van der Waals surface area (Å²) >= 11 is 0. The van der Waals surface area contributed by atoms with Gasteiger partial charge in [0.2, 0.25) is 0 Å². The quantitative estimate of drug-likeness (QED) is 0.635. The van der Waals surface area contributed by atoms with Crippen molar-refractivity contribution in [3.05, 3.63) is 47.0 Å². The number of aryl methyl sites for hydroxylation is 1. The van der Waals surface area contributed by atoms with Crippen molar-refractivity contribution in [2.24, 2.45) is 5.41 Å². The van der Waals surface area contributed by atoms with E-state index in [-0.39, 0.29) is 0 Å². The molecule has 0 aromatic carbocycles. The van der Waals surface area contributed by atoms with Crippen LogP contribution >= 0.6 is 0 Å². The van der Waals surface area contributed by atoms with Crippen LogP contribution in [-0.2, 0) is 12.8 Å². The highest BCUT2D eigenvalue weighted by Crippen LogP contribution is 2.42. The van der Waals surface area contributed by atoms with Gasteiger partial charge in [-0.25, -0.2) is 0 Å². The van der Waals surface area contributed by atoms with Crippen molar-refractivity contribution < 1.29 is 4.42 Å². The molecule has 84 valence electrons. The van der Waals surface area contributed by atoms with Gasteiger partial charge in [-0.3, -0.25) is 0 Å². The Bertz CT molecular complexity index is 471. The number of furan rings is 1. The van der Waals surface area contributed by atoms with Crippen molar-refractivity contribution >= 4 is 0 Å². The van der Waals surface area contributed by atoms with Gasteiger partial charge in [-0.2, -0.15) is 0 Å². The fourth-order valence-corrected chi connectivity index (χ4v) is 3.00. The normalized spacial score (nSPS) is 22.6. The van der Waals surface area contributed by atoms with Crippen molar-refractivity contribution in [2.75, 3.05) is 0 Å². The molecule has 0 saturated heterocycles. The minimum atomic E-state index is 0.341. The van der Waals surface area contributed by atoms with Gasteiger partial charge in [0.05, 0.1) is 6.26 Å². The highest BCUT2D eigenvalue weighted by molar-refractivity contribution is 5.40. The average molecular weight is 214 g/mol. The van der Waals surface area contributed by atoms with Crippen molar-refractivity contribution in [3.63, 3.8) is 0 Å². The Morgan fingerprint density at radius 3 is 3.00 bits per heavy atom. The van der Waals surface area contributed by atoms with E-state index >= 15 is 0 Å². The van der Waals surface area contributed by atoms with Gasteiger partial charge in [0.1, 0.15) is 5.76 Å². The van der Waals surface area contributed by atoms with Gasteiger partial charge in [-0.15, -0.1) is 0 Å². The second-order valence-electron chi connectivity index (χ2n) is 5.54. The van der Waals surface area contributed by atoms with Crippen LogP contribution in [0.4, 0.5) is 0 Å². The monoisotopic (exact) mass is 214 g/mol. The Balaban J connectivity index is 2.04. The van der Waals surface area contributed by atoms with E-state index in [0.29, 0.717) is 5.41 Å². The molecule has 0 bridgehead atoms. The van der Waals surface area contributed by atoms with Gasteiger partial charge >= 0.3 is 0 Å². The molecule has 2 aliphatic rings. The first-order valence-corrected chi connectivity index (χ1v) is 6.11. The zero-order valence-electron chi connectivity index (χ0n) is 10.0.